The summed E-state index contributed by atoms with van der Waals surface area (Å²) in [6.07, 6.45) is -2.38. The maximum Gasteiger partial charge on any atom is 0.490 e. The van der Waals surface area contributed by atoms with Gasteiger partial charge in [0.15, 0.2) is 17.9 Å². The van der Waals surface area contributed by atoms with Gasteiger partial charge in [0.2, 0.25) is 11.8 Å². The molecule has 0 radical (unpaired) electrons. The summed E-state index contributed by atoms with van der Waals surface area (Å²) in [5, 5.41) is 27.9. The lowest BCUT2D eigenvalue weighted by Gasteiger charge is -2.36. The number of carboxylic acids is 1. The number of ether oxygens (including phenoxy) is 4. The van der Waals surface area contributed by atoms with Crippen LogP contribution in [0.3, 0.4) is 0 Å². The van der Waals surface area contributed by atoms with E-state index in [0.29, 0.717) is 76.1 Å². The lowest BCUT2D eigenvalue weighted by atomic mass is 9.82. The number of carbonyl (C=O) groups excluding carboxylic acids is 5. The summed E-state index contributed by atoms with van der Waals surface area (Å²) in [6.45, 7) is 14.7. The minimum absolute atomic E-state index is 0.101. The fourth-order valence-electron chi connectivity index (χ4n) is 12.7. The van der Waals surface area contributed by atoms with Gasteiger partial charge < -0.3 is 43.9 Å². The fourth-order valence-corrected chi connectivity index (χ4v) is 13.5. The van der Waals surface area contributed by atoms with E-state index >= 15 is 0 Å². The molecule has 0 bridgehead atoms. The molecule has 1 aliphatic carbocycles. The van der Waals surface area contributed by atoms with Crippen molar-refractivity contribution in [3.05, 3.63) is 137 Å². The van der Waals surface area contributed by atoms with Gasteiger partial charge in [-0.05, 0) is 87.6 Å². The van der Waals surface area contributed by atoms with Crippen molar-refractivity contribution in [1.29, 1.82) is 0 Å². The van der Waals surface area contributed by atoms with Gasteiger partial charge in [0.05, 0.1) is 73.0 Å². The first-order valence-corrected chi connectivity index (χ1v) is 32.6. The van der Waals surface area contributed by atoms with Crippen LogP contribution in [0.2, 0.25) is 0 Å². The van der Waals surface area contributed by atoms with Crippen molar-refractivity contribution in [3.8, 4) is 22.6 Å². The molecule has 5 aromatic carbocycles. The predicted molar refractivity (Wildman–Crippen MR) is 357 cm³/mol. The standard InChI is InChI=1S/C66H78N10O9S.C2HF3O2.CH4O/c1-45-60(57(71(4)69-45)44-85-48-22-20-47(21-23-48)74-32-34-75(35-33-74)86-70(2)3)52-15-8-14-51-50(17-10-38-84-58-19-7-12-46-11-5-6-13-49(46)58)56(43-77)76(63(51)52)36-31-72-27-29-73(30-28-72)37-40-83-42-41-82-39-26-67-55-18-9-16-53-61(55)65(80)62(64(53)79)54-24-25-59(78)68-66(54)81;3-2(4,5)1(6)7;1-2/h5-9,11-16,18-23,43,54,62,67H,10,17,24-42,44H2,1-4H3,(H,68,78,81);(H,6,7);2H,1H3. The molecular formula is C69H83F3N10O12S. The minimum atomic E-state index is -5.08. The summed E-state index contributed by atoms with van der Waals surface area (Å²) >= 11 is 1.77. The maximum absolute atomic E-state index is 13.5. The third kappa shape index (κ3) is 17.6. The molecule has 5 heterocycles. The van der Waals surface area contributed by atoms with Crippen LogP contribution in [-0.4, -0.2) is 211 Å². The number of halogens is 3. The van der Waals surface area contributed by atoms with Crippen LogP contribution in [0.1, 0.15) is 67.4 Å². The number of aliphatic hydroxyl groups is 1. The van der Waals surface area contributed by atoms with E-state index in [1.165, 1.54) is 5.69 Å². The van der Waals surface area contributed by atoms with Crippen molar-refractivity contribution in [2.45, 2.75) is 51.9 Å². The smallest absolute Gasteiger partial charge is 0.490 e. The molecule has 22 nitrogen and oxygen atoms in total. The van der Waals surface area contributed by atoms with E-state index in [4.69, 9.17) is 39.1 Å². The maximum atomic E-state index is 13.5. The van der Waals surface area contributed by atoms with Gasteiger partial charge in [-0.3, -0.25) is 43.8 Å². The molecule has 3 fully saturated rings. The second kappa shape index (κ2) is 33.4. The van der Waals surface area contributed by atoms with Crippen molar-refractivity contribution in [2.24, 2.45) is 18.9 Å². The van der Waals surface area contributed by atoms with E-state index in [0.717, 1.165) is 147 Å². The number of nitrogens with zero attached hydrogens (tertiary/aromatic N) is 8. The number of hydrogen-bond acceptors (Lipinski definition) is 19. The number of nitrogens with one attached hydrogen (secondary N) is 2. The number of ketones is 2. The zero-order valence-corrected chi connectivity index (χ0v) is 55.0. The minimum Gasteiger partial charge on any atom is -0.493 e. The monoisotopic (exact) mass is 1330 g/mol. The summed E-state index contributed by atoms with van der Waals surface area (Å²) in [6, 6.07) is 34.3. The molecule has 4 aliphatic rings. The number of benzene rings is 5. The predicted octanol–water partition coefficient (Wildman–Crippen LogP) is 8.21. The second-order valence-corrected chi connectivity index (χ2v) is 24.9. The number of alkyl halides is 3. The highest BCUT2D eigenvalue weighted by molar-refractivity contribution is 7.94. The molecule has 2 unspecified atom stereocenters. The summed E-state index contributed by atoms with van der Waals surface area (Å²) < 4.78 is 65.3. The third-order valence-corrected chi connectivity index (χ3v) is 18.2. The van der Waals surface area contributed by atoms with E-state index in [1.54, 1.807) is 30.3 Å². The number of Topliss-reactive ketones (excluding diaryl/α,β-unsaturated/α-hetero) is 2. The highest BCUT2D eigenvalue weighted by Gasteiger charge is 2.48. The zero-order valence-electron chi connectivity index (χ0n) is 54.2. The topological polar surface area (TPSA) is 243 Å². The summed E-state index contributed by atoms with van der Waals surface area (Å²) in [7, 11) is 7.14. The summed E-state index contributed by atoms with van der Waals surface area (Å²) in [5.74, 6) is -4.81. The van der Waals surface area contributed by atoms with Crippen LogP contribution in [-0.2, 0) is 50.5 Å². The van der Waals surface area contributed by atoms with Crippen molar-refractivity contribution < 1.29 is 71.1 Å². The summed E-state index contributed by atoms with van der Waals surface area (Å²) in [5.41, 5.74) is 8.93. The Labute approximate surface area is 554 Å². The number of aliphatic carboxylic acids is 1. The second-order valence-electron chi connectivity index (χ2n) is 23.5. The lowest BCUT2D eigenvalue weighted by molar-refractivity contribution is -0.192. The number of aryl methyl sites for hydroxylation is 3. The Kier molecular flexibility index (Phi) is 25.0. The van der Waals surface area contributed by atoms with E-state index in [9.17, 15) is 37.1 Å². The van der Waals surface area contributed by atoms with Gasteiger partial charge in [0.25, 0.3) is 0 Å². The van der Waals surface area contributed by atoms with Gasteiger partial charge in [-0.15, -0.1) is 0 Å². The molecule has 2 amide bonds. The number of aldehydes is 1. The van der Waals surface area contributed by atoms with Crippen LogP contribution in [0.25, 0.3) is 32.8 Å². The van der Waals surface area contributed by atoms with E-state index in [-0.39, 0.29) is 30.1 Å². The highest BCUT2D eigenvalue weighted by Crippen LogP contribution is 2.40. The van der Waals surface area contributed by atoms with Crippen LogP contribution in [0.15, 0.2) is 103 Å². The Morgan fingerprint density at radius 3 is 2.11 bits per heavy atom. The molecule has 3 saturated heterocycles. The first-order chi connectivity index (χ1) is 45.9. The number of piperidine rings is 1. The fraction of sp³-hybridized carbons (Fsp3) is 0.435. The number of aliphatic hydroxyl groups excluding tert-OH is 1. The number of imide groups is 1. The van der Waals surface area contributed by atoms with Gasteiger partial charge >= 0.3 is 12.1 Å². The molecule has 0 saturated carbocycles. The molecule has 2 aromatic heterocycles. The average molecular weight is 1330 g/mol. The van der Waals surface area contributed by atoms with Gasteiger partial charge in [0, 0.05) is 150 Å². The first kappa shape index (κ1) is 71.1. The number of rotatable bonds is 27. The average Bonchev–Trinajstić information content (AvgIpc) is 1.60. The van der Waals surface area contributed by atoms with E-state index < -0.39 is 35.7 Å². The van der Waals surface area contributed by atoms with Crippen molar-refractivity contribution in [2.75, 3.05) is 136 Å². The Morgan fingerprint density at radius 1 is 0.758 bits per heavy atom. The molecule has 7 aromatic rings. The molecule has 95 heavy (non-hydrogen) atoms. The number of para-hydroxylation sites is 1. The van der Waals surface area contributed by atoms with Gasteiger partial charge in [0.1, 0.15) is 18.1 Å². The number of carbonyl (C=O) groups is 6. The number of carboxylic acid groups (broad SMARTS) is 1. The highest BCUT2D eigenvalue weighted by atomic mass is 32.2. The number of anilines is 2. The first-order valence-electron chi connectivity index (χ1n) is 31.8. The van der Waals surface area contributed by atoms with Crippen LogP contribution in [0.4, 0.5) is 24.5 Å². The summed E-state index contributed by atoms with van der Waals surface area (Å²) in [4.78, 5) is 80.9. The molecule has 26 heteroatoms. The van der Waals surface area contributed by atoms with Crippen molar-refractivity contribution >= 4 is 80.8 Å². The number of aromatic nitrogens is 3. The van der Waals surface area contributed by atoms with Crippen LogP contribution in [0.5, 0.6) is 11.5 Å². The quantitative estimate of drug-likeness (QED) is 0.0125. The Morgan fingerprint density at radius 2 is 1.41 bits per heavy atom. The lowest BCUT2D eigenvalue weighted by Crippen LogP contribution is -2.48. The Balaban J connectivity index is 0.00000111. The Bertz CT molecular complexity index is 3800. The van der Waals surface area contributed by atoms with Crippen molar-refractivity contribution in [1.82, 2.24) is 38.1 Å². The normalized spacial score (nSPS) is 17.1. The van der Waals surface area contributed by atoms with Crippen molar-refractivity contribution in [3.63, 3.8) is 0 Å². The Hall–Kier alpha value is -8.21. The molecule has 2 atom stereocenters. The molecule has 3 aliphatic heterocycles. The number of amides is 2. The van der Waals surface area contributed by atoms with E-state index in [1.807, 2.05) is 36.0 Å². The molecule has 0 spiro atoms. The molecule has 11 rings (SSSR count). The SMILES string of the molecule is CO.Cc1nn(C)c(COc2ccc(N3CCN(SN(C)C)CC3)cc2)c1-c1cccc2c(CCCOc3cccc4ccccc34)c(C=O)n(CCN3CCN(CCOCCOCCNc4cccc5c4C(=O)C(C4CCC(=O)NC4=O)C5=O)CC3)c12.O=C(O)C(F)(F)F. The zero-order chi connectivity index (χ0) is 67.8. The number of piperazine rings is 2. The van der Waals surface area contributed by atoms with Crippen LogP contribution >= 0.6 is 12.1 Å². The largest absolute Gasteiger partial charge is 0.493 e. The molecule has 508 valence electrons. The van der Waals surface area contributed by atoms with Gasteiger partial charge in [-0.2, -0.15) is 18.3 Å². The van der Waals surface area contributed by atoms with E-state index in [2.05, 4.69) is 120 Å². The van der Waals surface area contributed by atoms with Crippen LogP contribution < -0.4 is 25.0 Å². The van der Waals surface area contributed by atoms with Gasteiger partial charge in [-0.25, -0.2) is 13.4 Å². The van der Waals surface area contributed by atoms with Crippen LogP contribution in [0, 0.1) is 18.8 Å². The number of hydrogen-bond donors (Lipinski definition) is 4. The molecule has 4 N–H and O–H groups in total. The molecular weight excluding hydrogens is 1250 g/mol. The number of fused-ring (bicyclic) bond motifs is 3. The van der Waals surface area contributed by atoms with Gasteiger partial charge in [-0.1, -0.05) is 66.7 Å². The third-order valence-electron chi connectivity index (χ3n) is 17.3.